The highest BCUT2D eigenvalue weighted by Crippen LogP contribution is 2.21. The zero-order chi connectivity index (χ0) is 11.1. The Hall–Kier alpha value is -1.64. The molecule has 1 aromatic rings. The van der Waals surface area contributed by atoms with Crippen molar-refractivity contribution in [1.29, 1.82) is 0 Å². The third-order valence-electron chi connectivity index (χ3n) is 1.98. The van der Waals surface area contributed by atoms with Crippen molar-refractivity contribution in [1.82, 2.24) is 0 Å². The van der Waals surface area contributed by atoms with Crippen molar-refractivity contribution in [2.45, 2.75) is 13.2 Å². The number of hydrogen-bond donors (Lipinski definition) is 0. The molecule has 0 atom stereocenters. The van der Waals surface area contributed by atoms with Gasteiger partial charge in [0.1, 0.15) is 5.75 Å². The van der Waals surface area contributed by atoms with Gasteiger partial charge in [-0.1, -0.05) is 12.1 Å². The Morgan fingerprint density at radius 3 is 2.80 bits per heavy atom. The van der Waals surface area contributed by atoms with E-state index in [1.54, 1.807) is 14.2 Å². The highest BCUT2D eigenvalue weighted by Gasteiger charge is 2.03. The van der Waals surface area contributed by atoms with Crippen molar-refractivity contribution in [3.63, 3.8) is 0 Å². The number of methoxy groups -OCH3 is 2. The summed E-state index contributed by atoms with van der Waals surface area (Å²) in [5.41, 5.74) is 1.88. The SMILES string of the molecule is COCc1ccc(CN=C=O)cc1OC. The van der Waals surface area contributed by atoms with E-state index in [0.29, 0.717) is 13.2 Å². The van der Waals surface area contributed by atoms with E-state index in [2.05, 4.69) is 4.99 Å². The summed E-state index contributed by atoms with van der Waals surface area (Å²) in [6.45, 7) is 0.827. The second-order valence-corrected chi connectivity index (χ2v) is 2.99. The molecule has 0 aliphatic rings. The van der Waals surface area contributed by atoms with Gasteiger partial charge in [0.05, 0.1) is 20.3 Å². The molecule has 0 saturated carbocycles. The van der Waals surface area contributed by atoms with Crippen LogP contribution in [0.2, 0.25) is 0 Å². The zero-order valence-electron chi connectivity index (χ0n) is 8.82. The third-order valence-corrected chi connectivity index (χ3v) is 1.98. The van der Waals surface area contributed by atoms with Gasteiger partial charge in [0.15, 0.2) is 0 Å². The Morgan fingerprint density at radius 1 is 1.40 bits per heavy atom. The van der Waals surface area contributed by atoms with Crippen LogP contribution in [0.15, 0.2) is 23.2 Å². The Balaban J connectivity index is 2.90. The first-order valence-electron chi connectivity index (χ1n) is 4.50. The Bertz CT molecular complexity index is 370. The zero-order valence-corrected chi connectivity index (χ0v) is 8.82. The molecule has 0 N–H and O–H groups in total. The fourth-order valence-corrected chi connectivity index (χ4v) is 1.29. The molecule has 0 unspecified atom stereocenters. The van der Waals surface area contributed by atoms with Crippen LogP contribution in [-0.2, 0) is 22.7 Å². The summed E-state index contributed by atoms with van der Waals surface area (Å²) in [6.07, 6.45) is 1.50. The van der Waals surface area contributed by atoms with Gasteiger partial charge < -0.3 is 9.47 Å². The summed E-state index contributed by atoms with van der Waals surface area (Å²) in [7, 11) is 3.23. The Labute approximate surface area is 88.5 Å². The minimum atomic E-state index is 0.327. The number of nitrogens with zero attached hydrogens (tertiary/aromatic N) is 1. The molecule has 4 heteroatoms. The minimum Gasteiger partial charge on any atom is -0.496 e. The lowest BCUT2D eigenvalue weighted by Gasteiger charge is -2.08. The van der Waals surface area contributed by atoms with E-state index in [9.17, 15) is 4.79 Å². The second-order valence-electron chi connectivity index (χ2n) is 2.99. The molecule has 0 radical (unpaired) electrons. The molecule has 0 amide bonds. The van der Waals surface area contributed by atoms with Gasteiger partial charge in [0.25, 0.3) is 0 Å². The normalized spacial score (nSPS) is 9.47. The molecule has 4 nitrogen and oxygen atoms in total. The molecule has 0 bridgehead atoms. The molecular formula is C11H13NO3. The quantitative estimate of drug-likeness (QED) is 0.545. The number of isocyanates is 1. The van der Waals surface area contributed by atoms with Crippen molar-refractivity contribution in [3.05, 3.63) is 29.3 Å². The molecule has 0 saturated heterocycles. The first-order chi connectivity index (χ1) is 7.31. The highest BCUT2D eigenvalue weighted by atomic mass is 16.5. The van der Waals surface area contributed by atoms with Gasteiger partial charge >= 0.3 is 0 Å². The van der Waals surface area contributed by atoms with E-state index >= 15 is 0 Å². The Morgan fingerprint density at radius 2 is 2.20 bits per heavy atom. The molecule has 80 valence electrons. The molecule has 15 heavy (non-hydrogen) atoms. The van der Waals surface area contributed by atoms with Crippen LogP contribution in [0.5, 0.6) is 5.75 Å². The molecule has 1 rings (SSSR count). The van der Waals surface area contributed by atoms with E-state index < -0.39 is 0 Å². The predicted molar refractivity (Wildman–Crippen MR) is 55.5 cm³/mol. The van der Waals surface area contributed by atoms with Gasteiger partial charge in [-0.05, 0) is 11.6 Å². The number of hydrogen-bond acceptors (Lipinski definition) is 4. The van der Waals surface area contributed by atoms with E-state index in [1.807, 2.05) is 18.2 Å². The number of aliphatic imine (C=N–C) groups is 1. The summed E-state index contributed by atoms with van der Waals surface area (Å²) in [5.74, 6) is 0.746. The first kappa shape index (κ1) is 11.4. The lowest BCUT2D eigenvalue weighted by atomic mass is 10.1. The number of rotatable bonds is 5. The number of benzene rings is 1. The van der Waals surface area contributed by atoms with Crippen molar-refractivity contribution in [2.24, 2.45) is 4.99 Å². The van der Waals surface area contributed by atoms with Gasteiger partial charge in [0, 0.05) is 12.7 Å². The van der Waals surface area contributed by atoms with Gasteiger partial charge in [-0.2, -0.15) is 0 Å². The summed E-state index contributed by atoms with van der Waals surface area (Å²) >= 11 is 0. The third kappa shape index (κ3) is 3.20. The minimum absolute atomic E-state index is 0.327. The van der Waals surface area contributed by atoms with E-state index in [1.165, 1.54) is 6.08 Å². The largest absolute Gasteiger partial charge is 0.496 e. The fraction of sp³-hybridized carbons (Fsp3) is 0.364. The molecule has 0 fully saturated rings. The van der Waals surface area contributed by atoms with Gasteiger partial charge in [-0.15, -0.1) is 0 Å². The number of ether oxygens (including phenoxy) is 2. The molecular weight excluding hydrogens is 194 g/mol. The molecule has 0 aromatic heterocycles. The summed E-state index contributed by atoms with van der Waals surface area (Å²) < 4.78 is 10.2. The van der Waals surface area contributed by atoms with Crippen molar-refractivity contribution < 1.29 is 14.3 Å². The predicted octanol–water partition coefficient (Wildman–Crippen LogP) is 1.68. The molecule has 0 aliphatic carbocycles. The summed E-state index contributed by atoms with van der Waals surface area (Å²) in [4.78, 5) is 13.5. The van der Waals surface area contributed by atoms with E-state index in [0.717, 1.165) is 16.9 Å². The van der Waals surface area contributed by atoms with Crippen molar-refractivity contribution in [2.75, 3.05) is 14.2 Å². The monoisotopic (exact) mass is 207 g/mol. The first-order valence-corrected chi connectivity index (χ1v) is 4.50. The van der Waals surface area contributed by atoms with Crippen LogP contribution >= 0.6 is 0 Å². The van der Waals surface area contributed by atoms with Crippen LogP contribution in [0.4, 0.5) is 0 Å². The van der Waals surface area contributed by atoms with Gasteiger partial charge in [0.2, 0.25) is 6.08 Å². The van der Waals surface area contributed by atoms with Crippen LogP contribution in [0.25, 0.3) is 0 Å². The lowest BCUT2D eigenvalue weighted by Crippen LogP contribution is -1.95. The van der Waals surface area contributed by atoms with Gasteiger partial charge in [-0.25, -0.2) is 9.79 Å². The highest BCUT2D eigenvalue weighted by molar-refractivity contribution is 5.39. The van der Waals surface area contributed by atoms with Gasteiger partial charge in [-0.3, -0.25) is 0 Å². The fourth-order valence-electron chi connectivity index (χ4n) is 1.29. The summed E-state index contributed by atoms with van der Waals surface area (Å²) in [6, 6.07) is 5.63. The Kier molecular flexibility index (Phi) is 4.54. The summed E-state index contributed by atoms with van der Waals surface area (Å²) in [5, 5.41) is 0. The van der Waals surface area contributed by atoms with Crippen LogP contribution in [0.3, 0.4) is 0 Å². The smallest absolute Gasteiger partial charge is 0.235 e. The van der Waals surface area contributed by atoms with Crippen molar-refractivity contribution >= 4 is 6.08 Å². The molecule has 1 aromatic carbocycles. The van der Waals surface area contributed by atoms with Crippen LogP contribution < -0.4 is 4.74 Å². The average Bonchev–Trinajstić information content (AvgIpc) is 2.28. The van der Waals surface area contributed by atoms with Crippen LogP contribution in [0, 0.1) is 0 Å². The molecule has 0 spiro atoms. The van der Waals surface area contributed by atoms with E-state index in [-0.39, 0.29) is 0 Å². The molecule has 0 aliphatic heterocycles. The molecule has 0 heterocycles. The maximum atomic E-state index is 9.96. The standard InChI is InChI=1S/C11H13NO3/c1-14-7-10-4-3-9(6-12-8-13)5-11(10)15-2/h3-5H,6-7H2,1-2H3. The topological polar surface area (TPSA) is 47.9 Å². The van der Waals surface area contributed by atoms with E-state index in [4.69, 9.17) is 9.47 Å². The average molecular weight is 207 g/mol. The maximum absolute atomic E-state index is 9.96. The number of carbonyl (C=O) groups excluding carboxylic acids is 1. The van der Waals surface area contributed by atoms with Crippen molar-refractivity contribution in [3.8, 4) is 5.75 Å². The maximum Gasteiger partial charge on any atom is 0.235 e. The lowest BCUT2D eigenvalue weighted by molar-refractivity contribution is 0.181. The second kappa shape index (κ2) is 5.96. The van der Waals surface area contributed by atoms with Crippen LogP contribution in [0.1, 0.15) is 11.1 Å². The van der Waals surface area contributed by atoms with Crippen LogP contribution in [-0.4, -0.2) is 20.3 Å².